The van der Waals surface area contributed by atoms with Gasteiger partial charge in [-0.15, -0.1) is 0 Å². The molecule has 5 N–H and O–H groups in total. The molecule has 0 fully saturated rings. The molecular formula is C20H25F3NO6P. The Bertz CT molecular complexity index is 870. The molecule has 172 valence electrons. The highest BCUT2D eigenvalue weighted by molar-refractivity contribution is 7.46. The molecule has 0 bridgehead atoms. The molecule has 1 atom stereocenters. The lowest BCUT2D eigenvalue weighted by Gasteiger charge is -2.27. The molecule has 0 saturated carbocycles. The third-order valence-corrected chi connectivity index (χ3v) is 5.08. The van der Waals surface area contributed by atoms with Gasteiger partial charge >= 0.3 is 14.0 Å². The molecule has 0 aliphatic heterocycles. The average molecular weight is 463 g/mol. The highest BCUT2D eigenvalue weighted by atomic mass is 31.2. The summed E-state index contributed by atoms with van der Waals surface area (Å²) in [6.07, 6.45) is -3.24. The highest BCUT2D eigenvalue weighted by Gasteiger charge is 2.30. The van der Waals surface area contributed by atoms with Gasteiger partial charge in [-0.3, -0.25) is 4.52 Å². The number of halogens is 3. The predicted molar refractivity (Wildman–Crippen MR) is 107 cm³/mol. The number of rotatable bonds is 11. The summed E-state index contributed by atoms with van der Waals surface area (Å²) in [7, 11) is -4.68. The minimum absolute atomic E-state index is 0.234. The van der Waals surface area contributed by atoms with E-state index in [0.717, 1.165) is 23.3 Å². The maximum atomic E-state index is 12.6. The van der Waals surface area contributed by atoms with Crippen LogP contribution in [0, 0.1) is 0 Å². The van der Waals surface area contributed by atoms with Crippen LogP contribution in [0.25, 0.3) is 0 Å². The van der Waals surface area contributed by atoms with Gasteiger partial charge in [0.2, 0.25) is 0 Å². The van der Waals surface area contributed by atoms with Crippen LogP contribution in [0.2, 0.25) is 0 Å². The van der Waals surface area contributed by atoms with Crippen molar-refractivity contribution in [2.45, 2.75) is 31.0 Å². The van der Waals surface area contributed by atoms with Crippen molar-refractivity contribution in [3.05, 3.63) is 65.2 Å². The highest BCUT2D eigenvalue weighted by Crippen LogP contribution is 2.37. The van der Waals surface area contributed by atoms with Gasteiger partial charge in [-0.25, -0.2) is 4.57 Å². The van der Waals surface area contributed by atoms with Crippen LogP contribution >= 0.6 is 7.82 Å². The van der Waals surface area contributed by atoms with E-state index in [0.29, 0.717) is 25.2 Å². The molecule has 0 amide bonds. The van der Waals surface area contributed by atoms with E-state index >= 15 is 0 Å². The Hall–Kier alpha value is -1.94. The summed E-state index contributed by atoms with van der Waals surface area (Å²) in [5, 5.41) is 9.42. The van der Waals surface area contributed by atoms with Crippen molar-refractivity contribution in [1.29, 1.82) is 0 Å². The number of nitrogens with two attached hydrogens (primary N) is 1. The van der Waals surface area contributed by atoms with Gasteiger partial charge in [0.15, 0.2) is 0 Å². The fourth-order valence-electron chi connectivity index (χ4n) is 2.70. The van der Waals surface area contributed by atoms with Crippen LogP contribution in [0.4, 0.5) is 13.2 Å². The van der Waals surface area contributed by atoms with E-state index in [2.05, 4.69) is 4.52 Å². The number of phosphoric ester groups is 1. The smallest absolute Gasteiger partial charge is 0.469 e. The van der Waals surface area contributed by atoms with Crippen LogP contribution in [0.15, 0.2) is 48.5 Å². The Kier molecular flexibility index (Phi) is 8.65. The number of aliphatic hydroxyl groups excluding tert-OH is 1. The fourth-order valence-corrected chi connectivity index (χ4v) is 3.13. The minimum atomic E-state index is -4.68. The number of hydrogen-bond acceptors (Lipinski definition) is 5. The summed E-state index contributed by atoms with van der Waals surface area (Å²) in [4.78, 5) is 17.5. The van der Waals surface area contributed by atoms with Crippen LogP contribution in [-0.4, -0.2) is 40.3 Å². The van der Waals surface area contributed by atoms with E-state index < -0.39 is 38.3 Å². The zero-order valence-electron chi connectivity index (χ0n) is 16.6. The third kappa shape index (κ3) is 8.98. The Morgan fingerprint density at radius 3 is 2.00 bits per heavy atom. The van der Waals surface area contributed by atoms with Crippen molar-refractivity contribution >= 4 is 7.82 Å². The minimum Gasteiger partial charge on any atom is -0.493 e. The first kappa shape index (κ1) is 25.3. The van der Waals surface area contributed by atoms with Gasteiger partial charge in [0, 0.05) is 6.42 Å². The van der Waals surface area contributed by atoms with Crippen molar-refractivity contribution in [3.63, 3.8) is 0 Å². The van der Waals surface area contributed by atoms with Gasteiger partial charge in [-0.1, -0.05) is 24.3 Å². The molecule has 0 saturated heterocycles. The molecule has 0 unspecified atom stereocenters. The topological polar surface area (TPSA) is 122 Å². The average Bonchev–Trinajstić information content (AvgIpc) is 2.71. The summed E-state index contributed by atoms with van der Waals surface area (Å²) < 4.78 is 58.5. The van der Waals surface area contributed by atoms with Crippen LogP contribution in [0.3, 0.4) is 0 Å². The molecule has 0 heterocycles. The summed E-state index contributed by atoms with van der Waals surface area (Å²) in [6.45, 7) is -0.697. The Labute approximate surface area is 177 Å². The molecule has 0 aliphatic rings. The number of hydrogen-bond donors (Lipinski definition) is 4. The lowest BCUT2D eigenvalue weighted by atomic mass is 9.94. The normalized spacial score (nSPS) is 14.3. The molecule has 2 aromatic rings. The second kappa shape index (κ2) is 10.6. The summed E-state index contributed by atoms with van der Waals surface area (Å²) in [5.41, 5.74) is 5.54. The maximum absolute atomic E-state index is 12.6. The van der Waals surface area contributed by atoms with Crippen molar-refractivity contribution in [2.24, 2.45) is 5.73 Å². The molecule has 2 rings (SSSR count). The molecule has 31 heavy (non-hydrogen) atoms. The molecule has 0 radical (unpaired) electrons. The maximum Gasteiger partial charge on any atom is 0.469 e. The van der Waals surface area contributed by atoms with Gasteiger partial charge in [-0.2, -0.15) is 13.2 Å². The molecular weight excluding hydrogens is 438 g/mol. The fraction of sp³-hybridized carbons (Fsp3) is 0.400. The van der Waals surface area contributed by atoms with Gasteiger partial charge in [0.05, 0.1) is 30.9 Å². The van der Waals surface area contributed by atoms with Crippen LogP contribution in [0.1, 0.15) is 23.1 Å². The first-order chi connectivity index (χ1) is 14.4. The summed E-state index contributed by atoms with van der Waals surface area (Å²) >= 11 is 0. The SMILES string of the molecule is N[C@@](CO)(CCc1ccc(OCCc2ccc(C(F)(F)F)cc2)cc1)COP(=O)(O)O. The van der Waals surface area contributed by atoms with Gasteiger partial charge in [-0.05, 0) is 48.2 Å². The van der Waals surface area contributed by atoms with E-state index in [9.17, 15) is 22.8 Å². The number of aliphatic hydroxyl groups is 1. The molecule has 0 aliphatic carbocycles. The van der Waals surface area contributed by atoms with Crippen LogP contribution in [-0.2, 0) is 28.1 Å². The zero-order chi connectivity index (χ0) is 23.1. The van der Waals surface area contributed by atoms with Gasteiger partial charge in [0.25, 0.3) is 0 Å². The lowest BCUT2D eigenvalue weighted by Crippen LogP contribution is -2.48. The molecule has 7 nitrogen and oxygen atoms in total. The molecule has 0 aromatic heterocycles. The lowest BCUT2D eigenvalue weighted by molar-refractivity contribution is -0.137. The first-order valence-electron chi connectivity index (χ1n) is 9.38. The van der Waals surface area contributed by atoms with E-state index in [1.807, 2.05) is 0 Å². The number of ether oxygens (including phenoxy) is 1. The second-order valence-electron chi connectivity index (χ2n) is 7.22. The Morgan fingerprint density at radius 2 is 1.48 bits per heavy atom. The number of alkyl halides is 3. The van der Waals surface area contributed by atoms with Crippen molar-refractivity contribution < 1.29 is 41.9 Å². The number of aryl methyl sites for hydroxylation is 1. The third-order valence-electron chi connectivity index (χ3n) is 4.61. The summed E-state index contributed by atoms with van der Waals surface area (Å²) in [5.74, 6) is 0.585. The van der Waals surface area contributed by atoms with E-state index in [1.54, 1.807) is 24.3 Å². The number of benzene rings is 2. The Morgan fingerprint density at radius 1 is 0.935 bits per heavy atom. The van der Waals surface area contributed by atoms with Crippen LogP contribution in [0.5, 0.6) is 5.75 Å². The summed E-state index contributed by atoms with van der Waals surface area (Å²) in [6, 6.07) is 12.0. The van der Waals surface area contributed by atoms with E-state index in [4.69, 9.17) is 20.3 Å². The zero-order valence-corrected chi connectivity index (χ0v) is 17.5. The number of phosphoric acid groups is 1. The Balaban J connectivity index is 1.80. The second-order valence-corrected chi connectivity index (χ2v) is 8.46. The first-order valence-corrected chi connectivity index (χ1v) is 10.9. The van der Waals surface area contributed by atoms with Gasteiger partial charge < -0.3 is 25.4 Å². The predicted octanol–water partition coefficient (Wildman–Crippen LogP) is 3.06. The van der Waals surface area contributed by atoms with E-state index in [1.165, 1.54) is 12.1 Å². The molecule has 11 heteroatoms. The van der Waals surface area contributed by atoms with Gasteiger partial charge in [0.1, 0.15) is 5.75 Å². The van der Waals surface area contributed by atoms with Crippen molar-refractivity contribution in [2.75, 3.05) is 19.8 Å². The molecule has 0 spiro atoms. The van der Waals surface area contributed by atoms with E-state index in [-0.39, 0.29) is 6.42 Å². The van der Waals surface area contributed by atoms with Crippen LogP contribution < -0.4 is 10.5 Å². The molecule has 2 aromatic carbocycles. The monoisotopic (exact) mass is 463 g/mol. The largest absolute Gasteiger partial charge is 0.493 e. The standard InChI is InChI=1S/C20H25F3NO6P/c21-20(22,23)17-5-1-16(2-6-17)10-12-29-18-7-3-15(4-8-18)9-11-19(24,13-25)14-30-31(26,27)28/h1-8,25H,9-14,24H2,(H2,26,27,28)/t19-/m1/s1. The van der Waals surface area contributed by atoms with Crippen molar-refractivity contribution in [3.8, 4) is 5.75 Å². The quantitative estimate of drug-likeness (QED) is 0.378. The van der Waals surface area contributed by atoms with Crippen molar-refractivity contribution in [1.82, 2.24) is 0 Å².